The fourth-order valence-corrected chi connectivity index (χ4v) is 1.53. The highest BCUT2D eigenvalue weighted by Gasteiger charge is 2.06. The molecule has 0 aliphatic heterocycles. The molecule has 0 radical (unpaired) electrons. The number of nitrogen functional groups attached to an aromatic ring is 2. The van der Waals surface area contributed by atoms with Crippen LogP contribution < -0.4 is 11.5 Å². The molecule has 0 fully saturated rings. The van der Waals surface area contributed by atoms with Gasteiger partial charge in [-0.2, -0.15) is 0 Å². The summed E-state index contributed by atoms with van der Waals surface area (Å²) in [7, 11) is 0. The van der Waals surface area contributed by atoms with E-state index in [4.69, 9.17) is 34.7 Å². The molecule has 78 valence electrons. The quantitative estimate of drug-likeness (QED) is 0.807. The van der Waals surface area contributed by atoms with Gasteiger partial charge < -0.3 is 11.5 Å². The number of nitrogens with zero attached hydrogens (tertiary/aromatic N) is 2. The topological polar surface area (TPSA) is 69.9 Å². The normalized spacial score (nSPS) is 10.5. The molecule has 0 saturated heterocycles. The lowest BCUT2D eigenvalue weighted by Gasteiger charge is -2.04. The molecule has 0 bridgehead atoms. The lowest BCUT2D eigenvalue weighted by Crippen LogP contribution is -2.01. The zero-order valence-corrected chi connectivity index (χ0v) is 9.13. The van der Waals surface area contributed by atoms with E-state index in [1.807, 2.05) is 0 Å². The average molecular weight is 243 g/mol. The van der Waals surface area contributed by atoms with Crippen molar-refractivity contribution in [1.82, 2.24) is 9.78 Å². The molecular weight excluding hydrogens is 235 g/mol. The Labute approximate surface area is 96.4 Å². The highest BCUT2D eigenvalue weighted by molar-refractivity contribution is 6.42. The number of nitrogens with two attached hydrogens (primary N) is 2. The molecule has 1 aromatic heterocycles. The third-order valence-electron chi connectivity index (χ3n) is 1.90. The summed E-state index contributed by atoms with van der Waals surface area (Å²) in [4.78, 5) is 0. The van der Waals surface area contributed by atoms with E-state index in [0.29, 0.717) is 21.7 Å². The summed E-state index contributed by atoms with van der Waals surface area (Å²) < 4.78 is 1.50. The molecule has 0 aliphatic rings. The molecule has 0 saturated carbocycles. The number of benzene rings is 1. The molecule has 4 nitrogen and oxygen atoms in total. The van der Waals surface area contributed by atoms with Crippen LogP contribution >= 0.6 is 23.2 Å². The van der Waals surface area contributed by atoms with Crippen molar-refractivity contribution < 1.29 is 0 Å². The van der Waals surface area contributed by atoms with Gasteiger partial charge >= 0.3 is 0 Å². The lowest BCUT2D eigenvalue weighted by molar-refractivity contribution is 0.897. The van der Waals surface area contributed by atoms with E-state index in [1.54, 1.807) is 24.3 Å². The molecule has 2 aromatic rings. The molecule has 0 unspecified atom stereocenters. The van der Waals surface area contributed by atoms with Crippen molar-refractivity contribution in [3.8, 4) is 5.69 Å². The van der Waals surface area contributed by atoms with Crippen LogP contribution in [0.25, 0.3) is 5.69 Å². The Balaban J connectivity index is 2.54. The summed E-state index contributed by atoms with van der Waals surface area (Å²) in [5.41, 5.74) is 11.9. The number of rotatable bonds is 1. The van der Waals surface area contributed by atoms with Crippen LogP contribution in [0, 0.1) is 0 Å². The van der Waals surface area contributed by atoms with Crippen LogP contribution in [0.2, 0.25) is 10.0 Å². The van der Waals surface area contributed by atoms with Gasteiger partial charge in [-0.05, 0) is 18.2 Å². The van der Waals surface area contributed by atoms with Crippen LogP contribution in [-0.2, 0) is 0 Å². The second kappa shape index (κ2) is 3.64. The maximum atomic E-state index is 5.88. The number of hydrogen-bond donors (Lipinski definition) is 2. The van der Waals surface area contributed by atoms with Crippen LogP contribution in [0.5, 0.6) is 0 Å². The molecule has 4 N–H and O–H groups in total. The van der Waals surface area contributed by atoms with Crippen LogP contribution in [0.4, 0.5) is 11.6 Å². The standard InChI is InChI=1S/C9H8Cl2N4/c10-6-2-1-5(3-7(6)11)15-9(13)4-8(12)14-15/h1-4H,13H2,(H2,12,14). The van der Waals surface area contributed by atoms with Gasteiger partial charge in [0.25, 0.3) is 0 Å². The molecule has 2 rings (SSSR count). The van der Waals surface area contributed by atoms with Gasteiger partial charge in [-0.15, -0.1) is 5.10 Å². The summed E-state index contributed by atoms with van der Waals surface area (Å²) in [6.07, 6.45) is 0. The summed E-state index contributed by atoms with van der Waals surface area (Å²) in [6.45, 7) is 0. The SMILES string of the molecule is Nc1cc(N)n(-c2ccc(Cl)c(Cl)c2)n1. The van der Waals surface area contributed by atoms with Gasteiger partial charge in [-0.3, -0.25) is 0 Å². The minimum Gasteiger partial charge on any atom is -0.384 e. The summed E-state index contributed by atoms with van der Waals surface area (Å²) in [6, 6.07) is 6.68. The molecule has 0 atom stereocenters. The number of hydrogen-bond acceptors (Lipinski definition) is 3. The first-order chi connectivity index (χ1) is 7.08. The minimum atomic E-state index is 0.360. The van der Waals surface area contributed by atoms with Crippen molar-refractivity contribution in [3.63, 3.8) is 0 Å². The minimum absolute atomic E-state index is 0.360. The van der Waals surface area contributed by atoms with E-state index in [0.717, 1.165) is 5.69 Å². The van der Waals surface area contributed by atoms with Crippen molar-refractivity contribution in [2.75, 3.05) is 11.5 Å². The molecule has 0 aliphatic carbocycles. The van der Waals surface area contributed by atoms with Gasteiger partial charge in [-0.1, -0.05) is 23.2 Å². The molecule has 0 spiro atoms. The third-order valence-corrected chi connectivity index (χ3v) is 2.64. The Morgan fingerprint density at radius 3 is 2.33 bits per heavy atom. The fourth-order valence-electron chi connectivity index (χ4n) is 1.24. The van der Waals surface area contributed by atoms with Crippen LogP contribution in [0.1, 0.15) is 0 Å². The lowest BCUT2D eigenvalue weighted by atomic mass is 10.3. The van der Waals surface area contributed by atoms with E-state index in [1.165, 1.54) is 4.68 Å². The Bertz CT molecular complexity index is 507. The Morgan fingerprint density at radius 2 is 1.80 bits per heavy atom. The zero-order chi connectivity index (χ0) is 11.0. The molecular formula is C9H8Cl2N4. The van der Waals surface area contributed by atoms with E-state index in [9.17, 15) is 0 Å². The average Bonchev–Trinajstić information content (AvgIpc) is 2.50. The number of halogens is 2. The first kappa shape index (κ1) is 10.1. The van der Waals surface area contributed by atoms with E-state index >= 15 is 0 Å². The van der Waals surface area contributed by atoms with Crippen LogP contribution in [0.15, 0.2) is 24.3 Å². The van der Waals surface area contributed by atoms with Crippen molar-refractivity contribution in [1.29, 1.82) is 0 Å². The zero-order valence-electron chi connectivity index (χ0n) is 7.61. The predicted molar refractivity (Wildman–Crippen MR) is 62.4 cm³/mol. The smallest absolute Gasteiger partial charge is 0.148 e. The molecule has 0 amide bonds. The second-order valence-electron chi connectivity index (χ2n) is 3.00. The van der Waals surface area contributed by atoms with Crippen molar-refractivity contribution in [2.45, 2.75) is 0 Å². The highest BCUT2D eigenvalue weighted by Crippen LogP contribution is 2.25. The molecule has 1 heterocycles. The number of anilines is 2. The van der Waals surface area contributed by atoms with Gasteiger partial charge in [0.2, 0.25) is 0 Å². The summed E-state index contributed by atoms with van der Waals surface area (Å²) in [5.74, 6) is 0.810. The maximum absolute atomic E-state index is 5.88. The highest BCUT2D eigenvalue weighted by atomic mass is 35.5. The van der Waals surface area contributed by atoms with E-state index in [2.05, 4.69) is 5.10 Å². The monoisotopic (exact) mass is 242 g/mol. The summed E-state index contributed by atoms with van der Waals surface area (Å²) >= 11 is 11.7. The van der Waals surface area contributed by atoms with Crippen LogP contribution in [-0.4, -0.2) is 9.78 Å². The van der Waals surface area contributed by atoms with Crippen LogP contribution in [0.3, 0.4) is 0 Å². The molecule has 6 heteroatoms. The van der Waals surface area contributed by atoms with Crippen molar-refractivity contribution in [2.24, 2.45) is 0 Å². The van der Waals surface area contributed by atoms with Gasteiger partial charge in [0, 0.05) is 6.07 Å². The largest absolute Gasteiger partial charge is 0.384 e. The van der Waals surface area contributed by atoms with E-state index < -0.39 is 0 Å². The first-order valence-electron chi connectivity index (χ1n) is 4.14. The summed E-state index contributed by atoms with van der Waals surface area (Å²) in [5, 5.41) is 4.95. The second-order valence-corrected chi connectivity index (χ2v) is 3.82. The molecule has 15 heavy (non-hydrogen) atoms. The Kier molecular flexibility index (Phi) is 2.46. The van der Waals surface area contributed by atoms with Crippen molar-refractivity contribution in [3.05, 3.63) is 34.3 Å². The van der Waals surface area contributed by atoms with Gasteiger partial charge in [-0.25, -0.2) is 4.68 Å². The first-order valence-corrected chi connectivity index (χ1v) is 4.90. The van der Waals surface area contributed by atoms with Gasteiger partial charge in [0.1, 0.15) is 11.6 Å². The number of aromatic nitrogens is 2. The Morgan fingerprint density at radius 1 is 1.07 bits per heavy atom. The predicted octanol–water partition coefficient (Wildman–Crippen LogP) is 2.34. The van der Waals surface area contributed by atoms with E-state index in [-0.39, 0.29) is 0 Å². The maximum Gasteiger partial charge on any atom is 0.148 e. The third kappa shape index (κ3) is 1.86. The van der Waals surface area contributed by atoms with Gasteiger partial charge in [0.15, 0.2) is 0 Å². The van der Waals surface area contributed by atoms with Gasteiger partial charge in [0.05, 0.1) is 15.7 Å². The Hall–Kier alpha value is -1.39. The van der Waals surface area contributed by atoms with Crippen molar-refractivity contribution >= 4 is 34.8 Å². The molecule has 1 aromatic carbocycles. The fraction of sp³-hybridized carbons (Fsp3) is 0.